The molecule has 1 aromatic rings. The number of ether oxygens (including phenoxy) is 1. The van der Waals surface area contributed by atoms with E-state index in [0.29, 0.717) is 0 Å². The van der Waals surface area contributed by atoms with Crippen molar-refractivity contribution in [2.24, 2.45) is 0 Å². The smallest absolute Gasteiger partial charge is 0.426 e. The van der Waals surface area contributed by atoms with E-state index in [1.54, 1.807) is 0 Å². The molecule has 6 heteroatoms. The minimum Gasteiger partial charge on any atom is -0.443 e. The van der Waals surface area contributed by atoms with Crippen molar-refractivity contribution in [2.45, 2.75) is 13.0 Å². The molecule has 1 aromatic carbocycles. The van der Waals surface area contributed by atoms with Gasteiger partial charge < -0.3 is 9.84 Å². The van der Waals surface area contributed by atoms with Crippen molar-refractivity contribution in [3.8, 4) is 0 Å². The number of hydrogen-bond donors (Lipinski definition) is 3. The molecule has 0 aliphatic rings. The van der Waals surface area contributed by atoms with Crippen LogP contribution in [0, 0.1) is 0 Å². The maximum absolute atomic E-state index is 11.1. The SMILES string of the molecule is O=C(CCO)NNC(=O)OCc1ccccc1. The highest BCUT2D eigenvalue weighted by Crippen LogP contribution is 1.99. The van der Waals surface area contributed by atoms with Crippen molar-refractivity contribution >= 4 is 12.0 Å². The van der Waals surface area contributed by atoms with Crippen molar-refractivity contribution < 1.29 is 19.4 Å². The van der Waals surface area contributed by atoms with Crippen LogP contribution in [-0.4, -0.2) is 23.7 Å². The summed E-state index contributed by atoms with van der Waals surface area (Å²) >= 11 is 0. The van der Waals surface area contributed by atoms with Crippen LogP contribution in [0.1, 0.15) is 12.0 Å². The molecule has 1 rings (SSSR count). The van der Waals surface area contributed by atoms with Gasteiger partial charge in [0.1, 0.15) is 6.61 Å². The van der Waals surface area contributed by atoms with E-state index in [1.165, 1.54) is 0 Å². The average Bonchev–Trinajstić information content (AvgIpc) is 2.35. The van der Waals surface area contributed by atoms with Gasteiger partial charge in [-0.3, -0.25) is 10.2 Å². The molecule has 6 nitrogen and oxygen atoms in total. The summed E-state index contributed by atoms with van der Waals surface area (Å²) in [6, 6.07) is 9.16. The second kappa shape index (κ2) is 7.24. The predicted molar refractivity (Wildman–Crippen MR) is 59.6 cm³/mol. The Morgan fingerprint density at radius 3 is 2.53 bits per heavy atom. The van der Waals surface area contributed by atoms with Crippen LogP contribution < -0.4 is 10.9 Å². The molecule has 0 spiro atoms. The summed E-state index contributed by atoms with van der Waals surface area (Å²) in [5.74, 6) is -0.482. The largest absolute Gasteiger partial charge is 0.443 e. The Hall–Kier alpha value is -2.08. The molecule has 0 aliphatic heterocycles. The molecule has 0 saturated heterocycles. The minimum atomic E-state index is -0.750. The molecular weight excluding hydrogens is 224 g/mol. The topological polar surface area (TPSA) is 87.7 Å². The number of aliphatic hydroxyl groups excluding tert-OH is 1. The maximum Gasteiger partial charge on any atom is 0.426 e. The molecule has 0 unspecified atom stereocenters. The first-order chi connectivity index (χ1) is 8.22. The third-order valence-electron chi connectivity index (χ3n) is 1.86. The van der Waals surface area contributed by atoms with Crippen molar-refractivity contribution in [1.82, 2.24) is 10.9 Å². The van der Waals surface area contributed by atoms with Crippen LogP contribution in [0.3, 0.4) is 0 Å². The summed E-state index contributed by atoms with van der Waals surface area (Å²) in [5, 5.41) is 8.45. The van der Waals surface area contributed by atoms with Gasteiger partial charge in [0.2, 0.25) is 5.91 Å². The van der Waals surface area contributed by atoms with Crippen LogP contribution >= 0.6 is 0 Å². The van der Waals surface area contributed by atoms with Crippen molar-refractivity contribution in [2.75, 3.05) is 6.61 Å². The van der Waals surface area contributed by atoms with Gasteiger partial charge in [-0.2, -0.15) is 0 Å². The second-order valence-electron chi connectivity index (χ2n) is 3.21. The molecule has 92 valence electrons. The van der Waals surface area contributed by atoms with Gasteiger partial charge in [-0.05, 0) is 5.56 Å². The number of amides is 2. The Labute approximate surface area is 98.6 Å². The number of nitrogens with one attached hydrogen (secondary N) is 2. The Bertz CT molecular complexity index is 367. The fraction of sp³-hybridized carbons (Fsp3) is 0.273. The summed E-state index contributed by atoms with van der Waals surface area (Å²) in [5.41, 5.74) is 5.01. The lowest BCUT2D eigenvalue weighted by Gasteiger charge is -2.07. The van der Waals surface area contributed by atoms with E-state index in [-0.39, 0.29) is 19.6 Å². The highest BCUT2D eigenvalue weighted by atomic mass is 16.6. The lowest BCUT2D eigenvalue weighted by atomic mass is 10.2. The van der Waals surface area contributed by atoms with Gasteiger partial charge in [0.15, 0.2) is 0 Å². The highest BCUT2D eigenvalue weighted by Gasteiger charge is 2.04. The molecule has 2 amide bonds. The first kappa shape index (κ1) is 13.0. The fourth-order valence-electron chi connectivity index (χ4n) is 1.04. The zero-order valence-corrected chi connectivity index (χ0v) is 9.18. The molecule has 17 heavy (non-hydrogen) atoms. The van der Waals surface area contributed by atoms with E-state index in [4.69, 9.17) is 9.84 Å². The van der Waals surface area contributed by atoms with E-state index >= 15 is 0 Å². The molecule has 0 aliphatic carbocycles. The third-order valence-corrected chi connectivity index (χ3v) is 1.86. The fourth-order valence-corrected chi connectivity index (χ4v) is 1.04. The average molecular weight is 238 g/mol. The Morgan fingerprint density at radius 1 is 1.18 bits per heavy atom. The van der Waals surface area contributed by atoms with Crippen LogP contribution in [-0.2, 0) is 16.1 Å². The lowest BCUT2D eigenvalue weighted by molar-refractivity contribution is -0.122. The van der Waals surface area contributed by atoms with Crippen LogP contribution in [0.2, 0.25) is 0 Å². The molecule has 0 heterocycles. The molecule has 0 aromatic heterocycles. The number of rotatable bonds is 4. The Balaban J connectivity index is 2.20. The number of hydrazine groups is 1. The van der Waals surface area contributed by atoms with Gasteiger partial charge in [0.05, 0.1) is 13.0 Å². The maximum atomic E-state index is 11.1. The van der Waals surface area contributed by atoms with Gasteiger partial charge in [-0.15, -0.1) is 0 Å². The summed E-state index contributed by atoms with van der Waals surface area (Å²) < 4.78 is 4.83. The number of benzene rings is 1. The summed E-state index contributed by atoms with van der Waals surface area (Å²) in [7, 11) is 0. The van der Waals surface area contributed by atoms with E-state index in [0.717, 1.165) is 5.56 Å². The van der Waals surface area contributed by atoms with Crippen LogP contribution in [0.25, 0.3) is 0 Å². The number of hydrogen-bond acceptors (Lipinski definition) is 4. The van der Waals surface area contributed by atoms with E-state index in [9.17, 15) is 9.59 Å². The molecular formula is C11H14N2O4. The minimum absolute atomic E-state index is 0.0705. The van der Waals surface area contributed by atoms with Gasteiger partial charge in [0.25, 0.3) is 0 Å². The summed E-state index contributed by atoms with van der Waals surface area (Å²) in [6.45, 7) is -0.144. The lowest BCUT2D eigenvalue weighted by Crippen LogP contribution is -2.42. The van der Waals surface area contributed by atoms with E-state index in [2.05, 4.69) is 10.9 Å². The highest BCUT2D eigenvalue weighted by molar-refractivity contribution is 5.78. The molecule has 0 bridgehead atoms. The quantitative estimate of drug-likeness (QED) is 0.659. The normalized spacial score (nSPS) is 9.47. The molecule has 0 atom stereocenters. The predicted octanol–water partition coefficient (Wildman–Crippen LogP) is 0.326. The standard InChI is InChI=1S/C11H14N2O4/c14-7-6-10(15)12-13-11(16)17-8-9-4-2-1-3-5-9/h1-5,14H,6-8H2,(H,12,15)(H,13,16). The number of carbonyl (C=O) groups is 2. The van der Waals surface area contributed by atoms with Gasteiger partial charge in [0, 0.05) is 0 Å². The first-order valence-corrected chi connectivity index (χ1v) is 5.09. The van der Waals surface area contributed by atoms with Crippen LogP contribution in [0.15, 0.2) is 30.3 Å². The molecule has 0 saturated carbocycles. The summed E-state index contributed by atoms with van der Waals surface area (Å²) in [4.78, 5) is 22.0. The van der Waals surface area contributed by atoms with Crippen molar-refractivity contribution in [3.05, 3.63) is 35.9 Å². The van der Waals surface area contributed by atoms with Crippen LogP contribution in [0.5, 0.6) is 0 Å². The number of carbonyl (C=O) groups excluding carboxylic acids is 2. The van der Waals surface area contributed by atoms with E-state index in [1.807, 2.05) is 30.3 Å². The van der Waals surface area contributed by atoms with Crippen molar-refractivity contribution in [1.29, 1.82) is 0 Å². The van der Waals surface area contributed by atoms with E-state index < -0.39 is 12.0 Å². The van der Waals surface area contributed by atoms with Crippen LogP contribution in [0.4, 0.5) is 4.79 Å². The van der Waals surface area contributed by atoms with Gasteiger partial charge >= 0.3 is 6.09 Å². The first-order valence-electron chi connectivity index (χ1n) is 5.09. The van der Waals surface area contributed by atoms with Gasteiger partial charge in [-0.1, -0.05) is 30.3 Å². The Kier molecular flexibility index (Phi) is 5.53. The number of aliphatic hydroxyl groups is 1. The third kappa shape index (κ3) is 5.53. The zero-order valence-electron chi connectivity index (χ0n) is 9.18. The molecule has 3 N–H and O–H groups in total. The zero-order chi connectivity index (χ0) is 12.5. The molecule has 0 radical (unpaired) electrons. The monoisotopic (exact) mass is 238 g/mol. The van der Waals surface area contributed by atoms with Gasteiger partial charge in [-0.25, -0.2) is 10.2 Å². The molecule has 0 fully saturated rings. The van der Waals surface area contributed by atoms with Crippen molar-refractivity contribution in [3.63, 3.8) is 0 Å². The summed E-state index contributed by atoms with van der Waals surface area (Å²) in [6.07, 6.45) is -0.820. The second-order valence-corrected chi connectivity index (χ2v) is 3.21. The Morgan fingerprint density at radius 2 is 1.88 bits per heavy atom.